The lowest BCUT2D eigenvalue weighted by molar-refractivity contribution is -0.147. The van der Waals surface area contributed by atoms with Crippen LogP contribution in [-0.4, -0.2) is 39.5 Å². The number of thioether (sulfide) groups is 1. The van der Waals surface area contributed by atoms with Gasteiger partial charge in [0, 0.05) is 12.7 Å². The lowest BCUT2D eigenvalue weighted by Gasteiger charge is -2.10. The molecule has 0 saturated heterocycles. The molecule has 0 fully saturated rings. The van der Waals surface area contributed by atoms with Crippen LogP contribution in [0, 0.1) is 6.92 Å². The normalized spacial score (nSPS) is 11.3. The average molecular weight is 388 g/mol. The third-order valence-electron chi connectivity index (χ3n) is 3.35. The minimum absolute atomic E-state index is 0.0347. The van der Waals surface area contributed by atoms with Crippen molar-refractivity contribution in [1.29, 1.82) is 0 Å². The summed E-state index contributed by atoms with van der Waals surface area (Å²) >= 11 is 0.818. The van der Waals surface area contributed by atoms with Crippen molar-refractivity contribution in [3.05, 3.63) is 35.2 Å². The van der Waals surface area contributed by atoms with Gasteiger partial charge in [0.15, 0.2) is 5.16 Å². The Labute approximate surface area is 150 Å². The molecule has 0 radical (unpaired) electrons. The molecule has 140 valence electrons. The van der Waals surface area contributed by atoms with Crippen molar-refractivity contribution in [1.82, 2.24) is 14.8 Å². The van der Waals surface area contributed by atoms with Crippen molar-refractivity contribution in [2.75, 3.05) is 18.2 Å². The van der Waals surface area contributed by atoms with Crippen LogP contribution < -0.4 is 5.32 Å². The summed E-state index contributed by atoms with van der Waals surface area (Å²) in [5.74, 6) is -2.32. The first-order chi connectivity index (χ1) is 12.1. The number of hydrogen-bond acceptors (Lipinski definition) is 6. The monoisotopic (exact) mass is 388 g/mol. The molecule has 2 aromatic rings. The number of aromatic nitrogens is 3. The van der Waals surface area contributed by atoms with Gasteiger partial charge in [-0.05, 0) is 24.6 Å². The van der Waals surface area contributed by atoms with Gasteiger partial charge in [0.05, 0.1) is 18.4 Å². The van der Waals surface area contributed by atoms with Gasteiger partial charge >= 0.3 is 12.1 Å². The number of alkyl halides is 3. The fraction of sp³-hybridized carbons (Fsp3) is 0.333. The predicted molar refractivity (Wildman–Crippen MR) is 87.9 cm³/mol. The van der Waals surface area contributed by atoms with E-state index in [9.17, 15) is 22.8 Å². The first kappa shape index (κ1) is 19.8. The molecule has 0 bridgehead atoms. The number of nitrogens with zero attached hydrogens (tertiary/aromatic N) is 3. The zero-order chi connectivity index (χ0) is 19.5. The number of hydrogen-bond donors (Lipinski definition) is 1. The van der Waals surface area contributed by atoms with Crippen LogP contribution in [0.4, 0.5) is 18.9 Å². The molecule has 0 unspecified atom stereocenters. The van der Waals surface area contributed by atoms with Crippen LogP contribution in [0.2, 0.25) is 0 Å². The highest BCUT2D eigenvalue weighted by Gasteiger charge is 2.37. The van der Waals surface area contributed by atoms with Crippen LogP contribution in [0.15, 0.2) is 23.4 Å². The molecule has 1 aromatic carbocycles. The van der Waals surface area contributed by atoms with E-state index in [4.69, 9.17) is 0 Å². The summed E-state index contributed by atoms with van der Waals surface area (Å²) in [4.78, 5) is 23.6. The Kier molecular flexibility index (Phi) is 5.90. The van der Waals surface area contributed by atoms with E-state index in [1.54, 1.807) is 19.1 Å². The van der Waals surface area contributed by atoms with Crippen LogP contribution in [0.25, 0.3) is 0 Å². The number of halogens is 3. The van der Waals surface area contributed by atoms with E-state index in [2.05, 4.69) is 20.3 Å². The summed E-state index contributed by atoms with van der Waals surface area (Å²) in [5.41, 5.74) is 1.39. The zero-order valence-corrected chi connectivity index (χ0v) is 14.9. The van der Waals surface area contributed by atoms with Gasteiger partial charge in [-0.25, -0.2) is 4.79 Å². The van der Waals surface area contributed by atoms with Gasteiger partial charge in [0.25, 0.3) is 0 Å². The highest BCUT2D eigenvalue weighted by molar-refractivity contribution is 7.99. The van der Waals surface area contributed by atoms with Gasteiger partial charge in [0.2, 0.25) is 11.7 Å². The molecule has 11 heteroatoms. The summed E-state index contributed by atoms with van der Waals surface area (Å²) in [7, 11) is 2.42. The lowest BCUT2D eigenvalue weighted by atomic mass is 10.1. The fourth-order valence-electron chi connectivity index (χ4n) is 2.01. The Morgan fingerprint density at radius 3 is 2.58 bits per heavy atom. The smallest absolute Gasteiger partial charge is 0.451 e. The fourth-order valence-corrected chi connectivity index (χ4v) is 2.72. The number of ether oxygens (including phenoxy) is 1. The van der Waals surface area contributed by atoms with Crippen LogP contribution in [0.3, 0.4) is 0 Å². The van der Waals surface area contributed by atoms with E-state index in [0.29, 0.717) is 11.3 Å². The van der Waals surface area contributed by atoms with Gasteiger partial charge in [-0.1, -0.05) is 17.8 Å². The number of carbonyl (C=O) groups is 2. The van der Waals surface area contributed by atoms with Crippen LogP contribution in [0.5, 0.6) is 0 Å². The van der Waals surface area contributed by atoms with E-state index < -0.39 is 23.9 Å². The molecule has 7 nitrogen and oxygen atoms in total. The van der Waals surface area contributed by atoms with Crippen molar-refractivity contribution in [3.8, 4) is 0 Å². The van der Waals surface area contributed by atoms with Gasteiger partial charge in [-0.3, -0.25) is 4.79 Å². The summed E-state index contributed by atoms with van der Waals surface area (Å²) in [5, 5.41) is 9.10. The number of methoxy groups -OCH3 is 1. The first-order valence-electron chi connectivity index (χ1n) is 7.21. The van der Waals surface area contributed by atoms with Crippen molar-refractivity contribution in [2.45, 2.75) is 18.3 Å². The Hall–Kier alpha value is -2.56. The Morgan fingerprint density at radius 2 is 2.00 bits per heavy atom. The summed E-state index contributed by atoms with van der Waals surface area (Å²) in [6.45, 7) is 1.74. The van der Waals surface area contributed by atoms with Crippen LogP contribution in [-0.2, 0) is 22.8 Å². The highest BCUT2D eigenvalue weighted by atomic mass is 32.2. The van der Waals surface area contributed by atoms with E-state index in [1.165, 1.54) is 20.2 Å². The third-order valence-corrected chi connectivity index (χ3v) is 4.37. The zero-order valence-electron chi connectivity index (χ0n) is 14.0. The number of nitrogens with one attached hydrogen (secondary N) is 1. The second-order valence-electron chi connectivity index (χ2n) is 5.22. The minimum Gasteiger partial charge on any atom is -0.465 e. The Balaban J connectivity index is 2.04. The maximum Gasteiger partial charge on any atom is 0.451 e. The number of carbonyl (C=O) groups excluding carboxylic acids is 2. The van der Waals surface area contributed by atoms with Crippen molar-refractivity contribution >= 4 is 29.3 Å². The van der Waals surface area contributed by atoms with Crippen molar-refractivity contribution in [2.24, 2.45) is 7.05 Å². The maximum atomic E-state index is 12.7. The molecule has 0 spiro atoms. The standard InChI is InChI=1S/C15H15F3N4O3S/c1-8-4-5-9(12(24)25-3)6-10(8)19-11(23)7-26-14-21-20-13(22(14)2)15(16,17)18/h4-6H,7H2,1-3H3,(H,19,23). The van der Waals surface area contributed by atoms with E-state index in [0.717, 1.165) is 16.3 Å². The molecule has 26 heavy (non-hydrogen) atoms. The van der Waals surface area contributed by atoms with E-state index in [-0.39, 0.29) is 16.5 Å². The van der Waals surface area contributed by atoms with Crippen molar-refractivity contribution < 1.29 is 27.5 Å². The average Bonchev–Trinajstić information content (AvgIpc) is 2.95. The summed E-state index contributed by atoms with van der Waals surface area (Å²) in [6, 6.07) is 4.67. The summed E-state index contributed by atoms with van der Waals surface area (Å²) in [6.07, 6.45) is -4.62. The number of aryl methyl sites for hydroxylation is 1. The molecule has 1 aromatic heterocycles. The maximum absolute atomic E-state index is 12.7. The molecule has 0 aliphatic rings. The van der Waals surface area contributed by atoms with Gasteiger partial charge in [-0.15, -0.1) is 10.2 Å². The van der Waals surface area contributed by atoms with Crippen LogP contribution >= 0.6 is 11.8 Å². The van der Waals surface area contributed by atoms with Gasteiger partial charge < -0.3 is 14.6 Å². The number of anilines is 1. The van der Waals surface area contributed by atoms with E-state index >= 15 is 0 Å². The molecule has 1 N–H and O–H groups in total. The molecule has 0 aliphatic carbocycles. The Bertz CT molecular complexity index is 836. The second kappa shape index (κ2) is 7.77. The topological polar surface area (TPSA) is 86.1 Å². The minimum atomic E-state index is -4.62. The summed E-state index contributed by atoms with van der Waals surface area (Å²) < 4.78 is 43.4. The molecule has 1 heterocycles. The molecule has 0 atom stereocenters. The number of esters is 1. The predicted octanol–water partition coefficient (Wildman–Crippen LogP) is 2.66. The molecule has 2 rings (SSSR count). The molecular weight excluding hydrogens is 373 g/mol. The molecule has 1 amide bonds. The number of benzene rings is 1. The van der Waals surface area contributed by atoms with Gasteiger partial charge in [0.1, 0.15) is 0 Å². The van der Waals surface area contributed by atoms with Gasteiger partial charge in [-0.2, -0.15) is 13.2 Å². The number of rotatable bonds is 5. The molecule has 0 aliphatic heterocycles. The Morgan fingerprint density at radius 1 is 1.31 bits per heavy atom. The quantitative estimate of drug-likeness (QED) is 0.626. The van der Waals surface area contributed by atoms with Crippen molar-refractivity contribution in [3.63, 3.8) is 0 Å². The largest absolute Gasteiger partial charge is 0.465 e. The second-order valence-corrected chi connectivity index (χ2v) is 6.16. The molecular formula is C15H15F3N4O3S. The number of amides is 1. The van der Waals surface area contributed by atoms with Crippen LogP contribution in [0.1, 0.15) is 21.7 Å². The third kappa shape index (κ3) is 4.54. The SMILES string of the molecule is COC(=O)c1ccc(C)c(NC(=O)CSc2nnc(C(F)(F)F)n2C)c1. The molecule has 0 saturated carbocycles. The van der Waals surface area contributed by atoms with E-state index in [1.807, 2.05) is 0 Å². The first-order valence-corrected chi connectivity index (χ1v) is 8.20. The lowest BCUT2D eigenvalue weighted by Crippen LogP contribution is -2.16. The highest BCUT2D eigenvalue weighted by Crippen LogP contribution is 2.29.